The summed E-state index contributed by atoms with van der Waals surface area (Å²) in [7, 11) is 0. The fourth-order valence-electron chi connectivity index (χ4n) is 1.79. The number of nitrogens with one attached hydrogen (secondary N) is 1. The van der Waals surface area contributed by atoms with Crippen LogP contribution in [0.3, 0.4) is 0 Å². The highest BCUT2D eigenvalue weighted by molar-refractivity contribution is 5.90. The summed E-state index contributed by atoms with van der Waals surface area (Å²) < 4.78 is 0. The van der Waals surface area contributed by atoms with Gasteiger partial charge in [-0.1, -0.05) is 0 Å². The van der Waals surface area contributed by atoms with Crippen LogP contribution in [0.1, 0.15) is 19.8 Å². The lowest BCUT2D eigenvalue weighted by Gasteiger charge is -2.23. The van der Waals surface area contributed by atoms with Crippen LogP contribution in [0.25, 0.3) is 0 Å². The summed E-state index contributed by atoms with van der Waals surface area (Å²) in [5.74, 6) is -0.546. The maximum atomic E-state index is 11.7. The minimum absolute atomic E-state index is 0.0981. The van der Waals surface area contributed by atoms with Crippen LogP contribution in [-0.4, -0.2) is 48.2 Å². The van der Waals surface area contributed by atoms with Crippen LogP contribution in [0.15, 0.2) is 0 Å². The zero-order valence-electron chi connectivity index (χ0n) is 9.23. The van der Waals surface area contributed by atoms with Gasteiger partial charge in [-0.05, 0) is 19.8 Å². The number of hydrogen-bond acceptors (Lipinski definition) is 4. The van der Waals surface area contributed by atoms with E-state index < -0.39 is 12.1 Å². The molecule has 1 saturated heterocycles. The SMILES string of the molecule is CC([C]=O)NC(=O)C1CCCN1C(=O)CN. The van der Waals surface area contributed by atoms with Crippen LogP contribution in [0.5, 0.6) is 0 Å². The Labute approximate surface area is 94.2 Å². The summed E-state index contributed by atoms with van der Waals surface area (Å²) in [6.45, 7) is 1.99. The largest absolute Gasteiger partial charge is 0.344 e. The molecule has 1 rings (SSSR count). The molecule has 2 amide bonds. The van der Waals surface area contributed by atoms with Crippen molar-refractivity contribution in [3.63, 3.8) is 0 Å². The predicted molar refractivity (Wildman–Crippen MR) is 57.1 cm³/mol. The summed E-state index contributed by atoms with van der Waals surface area (Å²) in [6.07, 6.45) is 3.06. The van der Waals surface area contributed by atoms with Gasteiger partial charge in [0.2, 0.25) is 18.1 Å². The lowest BCUT2D eigenvalue weighted by atomic mass is 10.2. The highest BCUT2D eigenvalue weighted by Crippen LogP contribution is 2.17. The highest BCUT2D eigenvalue weighted by Gasteiger charge is 2.33. The summed E-state index contributed by atoms with van der Waals surface area (Å²) in [6, 6.07) is -1.14. The van der Waals surface area contributed by atoms with E-state index in [2.05, 4.69) is 5.32 Å². The third kappa shape index (κ3) is 2.79. The van der Waals surface area contributed by atoms with Crippen molar-refractivity contribution in [2.45, 2.75) is 31.8 Å². The van der Waals surface area contributed by atoms with Gasteiger partial charge in [0, 0.05) is 6.54 Å². The van der Waals surface area contributed by atoms with Crippen molar-refractivity contribution in [3.8, 4) is 0 Å². The van der Waals surface area contributed by atoms with Crippen LogP contribution in [0.4, 0.5) is 0 Å². The van der Waals surface area contributed by atoms with Gasteiger partial charge in [-0.3, -0.25) is 14.4 Å². The molecule has 0 aromatic carbocycles. The molecular formula is C10H16N3O3. The van der Waals surface area contributed by atoms with E-state index in [0.29, 0.717) is 13.0 Å². The van der Waals surface area contributed by atoms with Crippen LogP contribution >= 0.6 is 0 Å². The molecule has 1 aliphatic heterocycles. The van der Waals surface area contributed by atoms with E-state index in [-0.39, 0.29) is 18.4 Å². The van der Waals surface area contributed by atoms with E-state index >= 15 is 0 Å². The van der Waals surface area contributed by atoms with Gasteiger partial charge in [-0.15, -0.1) is 0 Å². The molecule has 3 N–H and O–H groups in total. The van der Waals surface area contributed by atoms with Gasteiger partial charge in [-0.25, -0.2) is 0 Å². The third-order valence-corrected chi connectivity index (χ3v) is 2.59. The maximum Gasteiger partial charge on any atom is 0.243 e. The minimum atomic E-state index is -0.650. The normalized spacial score (nSPS) is 21.6. The summed E-state index contributed by atoms with van der Waals surface area (Å²) in [5.41, 5.74) is 5.26. The second-order valence-corrected chi connectivity index (χ2v) is 3.80. The van der Waals surface area contributed by atoms with Crippen molar-refractivity contribution in [2.75, 3.05) is 13.1 Å². The van der Waals surface area contributed by atoms with Gasteiger partial charge < -0.3 is 16.0 Å². The summed E-state index contributed by atoms with van der Waals surface area (Å²) in [5, 5.41) is 2.48. The lowest BCUT2D eigenvalue weighted by molar-refractivity contribution is -0.137. The summed E-state index contributed by atoms with van der Waals surface area (Å²) >= 11 is 0. The van der Waals surface area contributed by atoms with Gasteiger partial charge in [0.15, 0.2) is 0 Å². The molecular weight excluding hydrogens is 210 g/mol. The average molecular weight is 226 g/mol. The molecule has 2 unspecified atom stereocenters. The second kappa shape index (κ2) is 5.60. The number of carbonyl (C=O) groups is 2. The number of nitrogens with zero attached hydrogens (tertiary/aromatic N) is 1. The smallest absolute Gasteiger partial charge is 0.243 e. The van der Waals surface area contributed by atoms with Crippen LogP contribution < -0.4 is 11.1 Å². The molecule has 1 heterocycles. The molecule has 6 nitrogen and oxygen atoms in total. The number of carbonyl (C=O) groups excluding carboxylic acids is 3. The fourth-order valence-corrected chi connectivity index (χ4v) is 1.79. The number of rotatable bonds is 4. The second-order valence-electron chi connectivity index (χ2n) is 3.80. The molecule has 2 atom stereocenters. The van der Waals surface area contributed by atoms with Gasteiger partial charge in [-0.2, -0.15) is 0 Å². The molecule has 1 radical (unpaired) electrons. The molecule has 0 aromatic rings. The Hall–Kier alpha value is -1.43. The van der Waals surface area contributed by atoms with Gasteiger partial charge >= 0.3 is 0 Å². The lowest BCUT2D eigenvalue weighted by Crippen LogP contribution is -2.49. The molecule has 0 spiro atoms. The molecule has 0 bridgehead atoms. The molecule has 0 aliphatic carbocycles. The molecule has 0 saturated carbocycles. The van der Waals surface area contributed by atoms with E-state index in [1.54, 1.807) is 6.29 Å². The molecule has 0 aromatic heterocycles. The highest BCUT2D eigenvalue weighted by atomic mass is 16.2. The number of likely N-dealkylation sites (tertiary alicyclic amines) is 1. The Kier molecular flexibility index (Phi) is 4.42. The average Bonchev–Trinajstić information content (AvgIpc) is 2.76. The Morgan fingerprint density at radius 2 is 2.31 bits per heavy atom. The van der Waals surface area contributed by atoms with Crippen LogP contribution in [0, 0.1) is 0 Å². The third-order valence-electron chi connectivity index (χ3n) is 2.59. The summed E-state index contributed by atoms with van der Waals surface area (Å²) in [4.78, 5) is 34.9. The monoisotopic (exact) mass is 226 g/mol. The molecule has 16 heavy (non-hydrogen) atoms. The van der Waals surface area contributed by atoms with E-state index in [9.17, 15) is 14.4 Å². The van der Waals surface area contributed by atoms with Crippen LogP contribution in [-0.2, 0) is 14.4 Å². The van der Waals surface area contributed by atoms with Crippen molar-refractivity contribution < 1.29 is 14.4 Å². The zero-order chi connectivity index (χ0) is 12.1. The van der Waals surface area contributed by atoms with Crippen molar-refractivity contribution >= 4 is 18.1 Å². The Balaban J connectivity index is 2.60. The minimum Gasteiger partial charge on any atom is -0.344 e. The number of amides is 2. The van der Waals surface area contributed by atoms with Crippen molar-refractivity contribution in [2.24, 2.45) is 5.73 Å². The topological polar surface area (TPSA) is 92.5 Å². The molecule has 89 valence electrons. The maximum absolute atomic E-state index is 11.7. The van der Waals surface area contributed by atoms with Crippen LogP contribution in [0.2, 0.25) is 0 Å². The van der Waals surface area contributed by atoms with Gasteiger partial charge in [0.25, 0.3) is 0 Å². The van der Waals surface area contributed by atoms with E-state index in [0.717, 1.165) is 6.42 Å². The Bertz CT molecular complexity index is 293. The first kappa shape index (κ1) is 12.6. The molecule has 1 aliphatic rings. The van der Waals surface area contributed by atoms with E-state index in [4.69, 9.17) is 5.73 Å². The van der Waals surface area contributed by atoms with Crippen molar-refractivity contribution in [1.29, 1.82) is 0 Å². The number of hydrogen-bond donors (Lipinski definition) is 2. The fraction of sp³-hybridized carbons (Fsp3) is 0.700. The van der Waals surface area contributed by atoms with E-state index in [1.807, 2.05) is 0 Å². The molecule has 6 heteroatoms. The number of nitrogens with two attached hydrogens (primary N) is 1. The quantitative estimate of drug-likeness (QED) is 0.613. The van der Waals surface area contributed by atoms with Gasteiger partial charge in [0.05, 0.1) is 12.6 Å². The predicted octanol–water partition coefficient (Wildman–Crippen LogP) is -1.45. The molecule has 1 fully saturated rings. The standard InChI is InChI=1S/C10H16N3O3/c1-7(6-14)12-10(16)8-3-2-4-13(8)9(15)5-11/h7-8H,2-5,11H2,1H3,(H,12,16). The first-order chi connectivity index (χ1) is 7.60. The van der Waals surface area contributed by atoms with E-state index in [1.165, 1.54) is 11.8 Å². The Morgan fingerprint density at radius 3 is 2.88 bits per heavy atom. The first-order valence-corrected chi connectivity index (χ1v) is 5.27. The van der Waals surface area contributed by atoms with Crippen molar-refractivity contribution in [1.82, 2.24) is 10.2 Å². The Morgan fingerprint density at radius 1 is 1.62 bits per heavy atom. The van der Waals surface area contributed by atoms with Crippen molar-refractivity contribution in [3.05, 3.63) is 0 Å². The first-order valence-electron chi connectivity index (χ1n) is 5.27. The van der Waals surface area contributed by atoms with Gasteiger partial charge in [0.1, 0.15) is 6.04 Å². The zero-order valence-corrected chi connectivity index (χ0v) is 9.23.